The number of halogens is 1. The molecule has 1 atom stereocenters. The summed E-state index contributed by atoms with van der Waals surface area (Å²) in [4.78, 5) is 18.7. The maximum atomic E-state index is 13.3. The predicted octanol–water partition coefficient (Wildman–Crippen LogP) is 4.70. The van der Waals surface area contributed by atoms with Crippen molar-refractivity contribution in [2.45, 2.75) is 26.4 Å². The van der Waals surface area contributed by atoms with Crippen LogP contribution in [0.5, 0.6) is 0 Å². The zero-order valence-electron chi connectivity index (χ0n) is 16.9. The lowest BCUT2D eigenvalue weighted by Crippen LogP contribution is -2.29. The average Bonchev–Trinajstić information content (AvgIpc) is 3.48. The lowest BCUT2D eigenvalue weighted by Gasteiger charge is -2.17. The number of hydrogen-bond acceptors (Lipinski definition) is 4. The Bertz CT molecular complexity index is 1070. The van der Waals surface area contributed by atoms with Crippen molar-refractivity contribution in [3.63, 3.8) is 0 Å². The molecule has 0 saturated carbocycles. The SMILES string of the molecule is CCO[C@@H]1CCN(C(=P)c2cc(C(=O)c3c(-c4ccc(Br)cc4)noc3C)c[nH]2)C1. The van der Waals surface area contributed by atoms with Gasteiger partial charge >= 0.3 is 0 Å². The molecule has 1 N–H and O–H groups in total. The summed E-state index contributed by atoms with van der Waals surface area (Å²) < 4.78 is 12.1. The smallest absolute Gasteiger partial charge is 0.200 e. The van der Waals surface area contributed by atoms with Crippen LogP contribution in [0.25, 0.3) is 11.3 Å². The quantitative estimate of drug-likeness (QED) is 0.386. The summed E-state index contributed by atoms with van der Waals surface area (Å²) in [5.41, 5.74) is 4.20. The molecule has 0 amide bonds. The molecule has 3 aromatic rings. The van der Waals surface area contributed by atoms with Gasteiger partial charge in [-0.25, -0.2) is 0 Å². The Morgan fingerprint density at radius 1 is 1.40 bits per heavy atom. The number of aryl methyl sites for hydroxylation is 1. The van der Waals surface area contributed by atoms with Crippen LogP contribution in [0.4, 0.5) is 0 Å². The summed E-state index contributed by atoms with van der Waals surface area (Å²) in [6, 6.07) is 9.51. The van der Waals surface area contributed by atoms with Gasteiger partial charge in [0.05, 0.1) is 22.8 Å². The Morgan fingerprint density at radius 2 is 2.17 bits per heavy atom. The molecule has 1 fully saturated rings. The molecule has 0 bridgehead atoms. The molecule has 1 aliphatic rings. The monoisotopic (exact) mass is 487 g/mol. The third-order valence-electron chi connectivity index (χ3n) is 5.27. The molecule has 2 aromatic heterocycles. The molecular formula is C22H23BrN3O3P. The van der Waals surface area contributed by atoms with Crippen LogP contribution in [0.15, 0.2) is 45.5 Å². The van der Waals surface area contributed by atoms with Gasteiger partial charge in [-0.1, -0.05) is 42.1 Å². The minimum Gasteiger partial charge on any atom is -0.377 e. The van der Waals surface area contributed by atoms with Gasteiger partial charge in [-0.05, 0) is 38.5 Å². The van der Waals surface area contributed by atoms with Crippen molar-refractivity contribution in [1.82, 2.24) is 15.0 Å². The van der Waals surface area contributed by atoms with E-state index in [0.717, 1.165) is 47.3 Å². The molecule has 1 aromatic carbocycles. The molecular weight excluding hydrogens is 465 g/mol. The van der Waals surface area contributed by atoms with Crippen molar-refractivity contribution in [3.05, 3.63) is 63.6 Å². The van der Waals surface area contributed by atoms with Crippen LogP contribution in [0.1, 0.15) is 40.7 Å². The molecule has 0 unspecified atom stereocenters. The molecule has 30 heavy (non-hydrogen) atoms. The molecule has 4 rings (SSSR count). The Labute approximate surface area is 185 Å². The molecule has 8 heteroatoms. The van der Waals surface area contributed by atoms with E-state index in [4.69, 9.17) is 9.26 Å². The van der Waals surface area contributed by atoms with Gasteiger partial charge in [-0.3, -0.25) is 9.69 Å². The van der Waals surface area contributed by atoms with Gasteiger partial charge in [-0.15, -0.1) is 0 Å². The molecule has 1 saturated heterocycles. The first kappa shape index (κ1) is 21.2. The van der Waals surface area contributed by atoms with Crippen LogP contribution in [-0.2, 0) is 4.74 Å². The lowest BCUT2D eigenvalue weighted by atomic mass is 9.99. The number of ether oxygens (including phenoxy) is 1. The molecule has 0 aliphatic carbocycles. The van der Waals surface area contributed by atoms with Crippen molar-refractivity contribution >= 4 is 36.0 Å². The van der Waals surface area contributed by atoms with E-state index in [1.807, 2.05) is 37.3 Å². The predicted molar refractivity (Wildman–Crippen MR) is 123 cm³/mol. The van der Waals surface area contributed by atoms with Crippen molar-refractivity contribution in [2.75, 3.05) is 19.7 Å². The lowest BCUT2D eigenvalue weighted by molar-refractivity contribution is 0.0734. The van der Waals surface area contributed by atoms with Crippen molar-refractivity contribution in [2.24, 2.45) is 0 Å². The highest BCUT2D eigenvalue weighted by Crippen LogP contribution is 2.29. The Hall–Kier alpha value is -2.05. The first-order valence-electron chi connectivity index (χ1n) is 9.88. The minimum atomic E-state index is -0.123. The Kier molecular flexibility index (Phi) is 6.34. The first-order chi connectivity index (χ1) is 14.5. The maximum absolute atomic E-state index is 13.3. The number of H-pyrrole nitrogens is 1. The van der Waals surface area contributed by atoms with Crippen LogP contribution in [0.2, 0.25) is 0 Å². The molecule has 0 radical (unpaired) electrons. The van der Waals surface area contributed by atoms with Gasteiger partial charge in [0, 0.05) is 41.5 Å². The summed E-state index contributed by atoms with van der Waals surface area (Å²) in [5.74, 6) is 0.379. The van der Waals surface area contributed by atoms with E-state index >= 15 is 0 Å². The molecule has 156 valence electrons. The van der Waals surface area contributed by atoms with Gasteiger partial charge in [0.2, 0.25) is 0 Å². The van der Waals surface area contributed by atoms with E-state index in [2.05, 4.69) is 39.8 Å². The first-order valence-corrected chi connectivity index (χ1v) is 11.2. The summed E-state index contributed by atoms with van der Waals surface area (Å²) in [5, 5.41) is 4.13. The average molecular weight is 488 g/mol. The largest absolute Gasteiger partial charge is 0.377 e. The van der Waals surface area contributed by atoms with Gasteiger partial charge in [0.25, 0.3) is 0 Å². The fourth-order valence-corrected chi connectivity index (χ4v) is 4.34. The summed E-state index contributed by atoms with van der Waals surface area (Å²) in [6.45, 7) is 6.22. The number of carbonyl (C=O) groups excluding carboxylic acids is 1. The van der Waals surface area contributed by atoms with Crippen molar-refractivity contribution in [3.8, 4) is 11.3 Å². The fourth-order valence-electron chi connectivity index (χ4n) is 3.72. The second kappa shape index (κ2) is 8.98. The van der Waals surface area contributed by atoms with Gasteiger partial charge in [-0.2, -0.15) is 0 Å². The van der Waals surface area contributed by atoms with Crippen LogP contribution >= 0.6 is 24.8 Å². The Morgan fingerprint density at radius 3 is 2.90 bits per heavy atom. The number of rotatable bonds is 7. The fraction of sp³-hybridized carbons (Fsp3) is 0.318. The molecule has 3 heterocycles. The second-order valence-electron chi connectivity index (χ2n) is 7.26. The number of nitrogens with zero attached hydrogens (tertiary/aromatic N) is 2. The Balaban J connectivity index is 1.56. The van der Waals surface area contributed by atoms with Crippen LogP contribution < -0.4 is 0 Å². The summed E-state index contributed by atoms with van der Waals surface area (Å²) in [6.07, 6.45) is 2.96. The molecule has 1 aliphatic heterocycles. The van der Waals surface area contributed by atoms with Gasteiger partial charge in [0.15, 0.2) is 5.78 Å². The maximum Gasteiger partial charge on any atom is 0.200 e. The number of ketones is 1. The van der Waals surface area contributed by atoms with Crippen molar-refractivity contribution in [1.29, 1.82) is 0 Å². The summed E-state index contributed by atoms with van der Waals surface area (Å²) >= 11 is 3.43. The second-order valence-corrected chi connectivity index (χ2v) is 8.65. The third-order valence-corrected chi connectivity index (χ3v) is 6.39. The minimum absolute atomic E-state index is 0.123. The summed E-state index contributed by atoms with van der Waals surface area (Å²) in [7, 11) is 3.74. The number of aromatic amines is 1. The number of nitrogens with one attached hydrogen (secondary N) is 1. The van der Waals surface area contributed by atoms with Crippen LogP contribution in [0, 0.1) is 6.92 Å². The van der Waals surface area contributed by atoms with Crippen LogP contribution in [-0.4, -0.2) is 52.0 Å². The number of benzene rings is 1. The highest BCUT2D eigenvalue weighted by atomic mass is 79.9. The molecule has 0 spiro atoms. The number of aromatic nitrogens is 2. The number of carbonyl (C=O) groups is 1. The highest BCUT2D eigenvalue weighted by molar-refractivity contribution is 9.10. The van der Waals surface area contributed by atoms with E-state index < -0.39 is 0 Å². The number of hydrogen-bond donors (Lipinski definition) is 1. The van der Waals surface area contributed by atoms with Gasteiger partial charge < -0.3 is 14.2 Å². The van der Waals surface area contributed by atoms with Gasteiger partial charge in [0.1, 0.15) is 11.5 Å². The zero-order chi connectivity index (χ0) is 21.3. The van der Waals surface area contributed by atoms with Crippen LogP contribution in [0.3, 0.4) is 0 Å². The van der Waals surface area contributed by atoms with Crippen molar-refractivity contribution < 1.29 is 14.1 Å². The zero-order valence-corrected chi connectivity index (χ0v) is 19.5. The van der Waals surface area contributed by atoms with E-state index in [0.29, 0.717) is 22.6 Å². The normalized spacial score (nSPS) is 16.8. The highest BCUT2D eigenvalue weighted by Gasteiger charge is 2.27. The topological polar surface area (TPSA) is 71.4 Å². The third kappa shape index (κ3) is 4.21. The standard InChI is InChI=1S/C22H23BrN3O3P/c1-3-28-17-8-9-26(12-17)22(30)18-10-15(11-24-18)21(27)19-13(2)29-25-20(19)14-4-6-16(23)7-5-14/h4-7,10-11,17,24,30H,3,8-9,12H2,1-2H3/t17-/m1/s1. The van der Waals surface area contributed by atoms with E-state index in [-0.39, 0.29) is 11.9 Å². The van der Waals surface area contributed by atoms with E-state index in [1.165, 1.54) is 0 Å². The van der Waals surface area contributed by atoms with E-state index in [9.17, 15) is 4.79 Å². The van der Waals surface area contributed by atoms with E-state index in [1.54, 1.807) is 13.1 Å². The number of likely N-dealkylation sites (tertiary alicyclic amines) is 1. The molecule has 6 nitrogen and oxygen atoms in total.